The molecule has 1 spiro atoms. The molecule has 0 N–H and O–H groups in total. The smallest absolute Gasteiger partial charge is 0.241 e. The average Bonchev–Trinajstić information content (AvgIpc) is 3.33. The third-order valence-corrected chi connectivity index (χ3v) is 6.85. The van der Waals surface area contributed by atoms with Crippen LogP contribution < -0.4 is 0 Å². The molecule has 5 rings (SSSR count). The highest BCUT2D eigenvalue weighted by molar-refractivity contribution is 6.15. The van der Waals surface area contributed by atoms with Crippen molar-refractivity contribution < 1.29 is 14.4 Å². The van der Waals surface area contributed by atoms with Gasteiger partial charge in [0, 0.05) is 30.6 Å². The van der Waals surface area contributed by atoms with Gasteiger partial charge in [0.1, 0.15) is 5.71 Å². The molecule has 3 heterocycles. The van der Waals surface area contributed by atoms with Gasteiger partial charge < -0.3 is 14.4 Å². The van der Waals surface area contributed by atoms with Gasteiger partial charge in [0.25, 0.3) is 0 Å². The minimum absolute atomic E-state index is 0.340. The van der Waals surface area contributed by atoms with Crippen LogP contribution in [0.4, 0.5) is 0 Å². The van der Waals surface area contributed by atoms with E-state index in [-0.39, 0.29) is 6.23 Å². The highest BCUT2D eigenvalue weighted by Gasteiger charge is 2.60. The van der Waals surface area contributed by atoms with E-state index in [1.54, 1.807) is 0 Å². The summed E-state index contributed by atoms with van der Waals surface area (Å²) < 4.78 is 5.59. The van der Waals surface area contributed by atoms with Gasteiger partial charge in [-0.15, -0.1) is 0 Å². The number of nitrogens with zero attached hydrogens (tertiary/aromatic N) is 3. The monoisotopic (exact) mass is 433 g/mol. The lowest BCUT2D eigenvalue weighted by molar-refractivity contribution is -0.159. The van der Waals surface area contributed by atoms with Gasteiger partial charge in [-0.3, -0.25) is 4.90 Å². The van der Waals surface area contributed by atoms with E-state index in [0.717, 1.165) is 41.2 Å². The molecule has 168 valence electrons. The molecule has 0 saturated carbocycles. The van der Waals surface area contributed by atoms with Crippen LogP contribution in [0.25, 0.3) is 0 Å². The zero-order chi connectivity index (χ0) is 22.5. The highest BCUT2D eigenvalue weighted by Crippen LogP contribution is 2.42. The Kier molecular flexibility index (Phi) is 5.30. The standard InChI is InChI=1S/C26H31N3O3/c1-16-13-19(4)22(20(5)14-16)21-15-26(32-27-21)24(23-17(2)7-6-8-18(23)3)28-31-25(26)29-9-11-30-12-10-29/h6-8,13-14,25H,9-12,15H2,1-5H3/t25-,26-/m0/s1. The van der Waals surface area contributed by atoms with Crippen molar-refractivity contribution in [3.63, 3.8) is 0 Å². The first-order valence-electron chi connectivity index (χ1n) is 11.4. The number of aryl methyl sites for hydroxylation is 5. The van der Waals surface area contributed by atoms with Gasteiger partial charge in [0.15, 0.2) is 0 Å². The zero-order valence-corrected chi connectivity index (χ0v) is 19.6. The van der Waals surface area contributed by atoms with E-state index in [1.807, 2.05) is 0 Å². The molecule has 2 aromatic rings. The second kappa shape index (κ2) is 8.01. The highest BCUT2D eigenvalue weighted by atomic mass is 16.7. The lowest BCUT2D eigenvalue weighted by Gasteiger charge is -2.37. The van der Waals surface area contributed by atoms with Gasteiger partial charge in [0.05, 0.1) is 18.9 Å². The maximum absolute atomic E-state index is 6.40. The van der Waals surface area contributed by atoms with Crippen molar-refractivity contribution in [1.29, 1.82) is 0 Å². The number of rotatable bonds is 3. The summed E-state index contributed by atoms with van der Waals surface area (Å²) in [5.74, 6) is 0. The Morgan fingerprint density at radius 3 is 2.19 bits per heavy atom. The van der Waals surface area contributed by atoms with Crippen LogP contribution in [0.15, 0.2) is 40.6 Å². The molecule has 32 heavy (non-hydrogen) atoms. The molecule has 2 atom stereocenters. The van der Waals surface area contributed by atoms with E-state index in [4.69, 9.17) is 14.4 Å². The minimum Gasteiger partial charge on any atom is -0.379 e. The summed E-state index contributed by atoms with van der Waals surface area (Å²) in [6.07, 6.45) is 0.277. The Bertz CT molecular complexity index is 1070. The first-order valence-corrected chi connectivity index (χ1v) is 11.4. The van der Waals surface area contributed by atoms with Gasteiger partial charge in [0.2, 0.25) is 11.8 Å². The van der Waals surface area contributed by atoms with Crippen molar-refractivity contribution in [3.05, 3.63) is 69.3 Å². The average molecular weight is 434 g/mol. The van der Waals surface area contributed by atoms with Gasteiger partial charge in [-0.1, -0.05) is 46.2 Å². The van der Waals surface area contributed by atoms with Crippen LogP contribution in [0.5, 0.6) is 0 Å². The van der Waals surface area contributed by atoms with Crippen LogP contribution in [-0.4, -0.2) is 54.5 Å². The number of hydrogen-bond acceptors (Lipinski definition) is 6. The fourth-order valence-corrected chi connectivity index (χ4v) is 5.48. The Morgan fingerprint density at radius 1 is 0.875 bits per heavy atom. The third kappa shape index (κ3) is 3.33. The number of benzene rings is 2. The summed E-state index contributed by atoms with van der Waals surface area (Å²) in [5, 5.41) is 9.31. The molecule has 0 amide bonds. The maximum Gasteiger partial charge on any atom is 0.241 e. The zero-order valence-electron chi connectivity index (χ0n) is 19.6. The molecule has 3 aliphatic rings. The molecule has 1 saturated heterocycles. The molecule has 3 aliphatic heterocycles. The molecule has 6 heteroatoms. The van der Waals surface area contributed by atoms with Crippen molar-refractivity contribution in [2.75, 3.05) is 26.3 Å². The van der Waals surface area contributed by atoms with E-state index in [2.05, 4.69) is 80.2 Å². The number of ether oxygens (including phenoxy) is 1. The number of oxime groups is 2. The van der Waals surface area contributed by atoms with Crippen LogP contribution in [-0.2, 0) is 14.4 Å². The fourth-order valence-electron chi connectivity index (χ4n) is 5.48. The molecule has 0 aliphatic carbocycles. The van der Waals surface area contributed by atoms with E-state index in [0.29, 0.717) is 19.6 Å². The number of morpholine rings is 1. The van der Waals surface area contributed by atoms with Gasteiger partial charge in [-0.2, -0.15) is 0 Å². The van der Waals surface area contributed by atoms with Crippen molar-refractivity contribution in [2.24, 2.45) is 10.3 Å². The molecule has 1 fully saturated rings. The summed E-state index contributed by atoms with van der Waals surface area (Å²) >= 11 is 0. The number of hydrogen-bond donors (Lipinski definition) is 0. The SMILES string of the molecule is Cc1cc(C)c(C2=NO[C@@]3(C2)C(c2c(C)cccc2C)=NO[C@@H]3N2CCOCC2)c(C)c1. The lowest BCUT2D eigenvalue weighted by atomic mass is 9.81. The second-order valence-electron chi connectivity index (χ2n) is 9.28. The largest absolute Gasteiger partial charge is 0.379 e. The lowest BCUT2D eigenvalue weighted by Crippen LogP contribution is -2.57. The Morgan fingerprint density at radius 2 is 1.53 bits per heavy atom. The van der Waals surface area contributed by atoms with Crippen molar-refractivity contribution in [3.8, 4) is 0 Å². The normalized spacial score (nSPS) is 25.5. The summed E-state index contributed by atoms with van der Waals surface area (Å²) in [4.78, 5) is 14.8. The van der Waals surface area contributed by atoms with Crippen LogP contribution in [0.3, 0.4) is 0 Å². The molecule has 6 nitrogen and oxygen atoms in total. The molecule has 0 bridgehead atoms. The van der Waals surface area contributed by atoms with Gasteiger partial charge in [-0.05, 0) is 56.9 Å². The van der Waals surface area contributed by atoms with Crippen molar-refractivity contribution in [2.45, 2.75) is 52.9 Å². The van der Waals surface area contributed by atoms with E-state index < -0.39 is 5.60 Å². The summed E-state index contributed by atoms with van der Waals surface area (Å²) in [5.41, 5.74) is 9.29. The predicted molar refractivity (Wildman–Crippen MR) is 125 cm³/mol. The van der Waals surface area contributed by atoms with Crippen LogP contribution in [0, 0.1) is 34.6 Å². The Labute approximate surface area is 189 Å². The van der Waals surface area contributed by atoms with Crippen molar-refractivity contribution in [1.82, 2.24) is 4.90 Å². The molecule has 0 radical (unpaired) electrons. The van der Waals surface area contributed by atoms with Crippen molar-refractivity contribution >= 4 is 11.4 Å². The maximum atomic E-state index is 6.40. The fraction of sp³-hybridized carbons (Fsp3) is 0.462. The Hall–Kier alpha value is -2.70. The molecular weight excluding hydrogens is 402 g/mol. The summed E-state index contributed by atoms with van der Waals surface area (Å²) in [7, 11) is 0. The van der Waals surface area contributed by atoms with Crippen LogP contribution in [0.2, 0.25) is 0 Å². The first-order chi connectivity index (χ1) is 15.4. The topological polar surface area (TPSA) is 55.7 Å². The van der Waals surface area contributed by atoms with E-state index >= 15 is 0 Å². The Balaban J connectivity index is 1.58. The summed E-state index contributed by atoms with van der Waals surface area (Å²) in [6.45, 7) is 13.6. The molecule has 0 unspecified atom stereocenters. The van der Waals surface area contributed by atoms with Crippen LogP contribution in [0.1, 0.15) is 45.4 Å². The second-order valence-corrected chi connectivity index (χ2v) is 9.28. The predicted octanol–water partition coefficient (Wildman–Crippen LogP) is 4.18. The summed E-state index contributed by atoms with van der Waals surface area (Å²) in [6, 6.07) is 10.7. The minimum atomic E-state index is -0.784. The quantitative estimate of drug-likeness (QED) is 0.729. The third-order valence-electron chi connectivity index (χ3n) is 6.85. The van der Waals surface area contributed by atoms with E-state index in [1.165, 1.54) is 22.3 Å². The molecule has 0 aromatic heterocycles. The van der Waals surface area contributed by atoms with Gasteiger partial charge in [-0.25, -0.2) is 0 Å². The van der Waals surface area contributed by atoms with Gasteiger partial charge >= 0.3 is 0 Å². The molecular formula is C26H31N3O3. The first kappa shape index (κ1) is 21.2. The van der Waals surface area contributed by atoms with Crippen LogP contribution >= 0.6 is 0 Å². The molecule has 2 aromatic carbocycles. The van der Waals surface area contributed by atoms with E-state index in [9.17, 15) is 0 Å².